The lowest BCUT2D eigenvalue weighted by Gasteiger charge is -2.28. The second-order valence-electron chi connectivity index (χ2n) is 5.04. The van der Waals surface area contributed by atoms with Gasteiger partial charge in [0, 0.05) is 13.6 Å². The molecule has 2 atom stereocenters. The molecule has 1 N–H and O–H groups in total. The Kier molecular flexibility index (Phi) is 3.94. The van der Waals surface area contributed by atoms with Gasteiger partial charge in [-0.15, -0.1) is 0 Å². The van der Waals surface area contributed by atoms with Crippen molar-refractivity contribution in [1.29, 1.82) is 0 Å². The minimum atomic E-state index is 0.678. The van der Waals surface area contributed by atoms with E-state index in [4.69, 9.17) is 0 Å². The van der Waals surface area contributed by atoms with E-state index < -0.39 is 0 Å². The van der Waals surface area contributed by atoms with Gasteiger partial charge in [0.1, 0.15) is 12.2 Å². The third-order valence-corrected chi connectivity index (χ3v) is 3.81. The zero-order chi connectivity index (χ0) is 12.3. The lowest BCUT2D eigenvalue weighted by molar-refractivity contribution is 0.348. The van der Waals surface area contributed by atoms with Crippen molar-refractivity contribution >= 4 is 0 Å². The van der Waals surface area contributed by atoms with Gasteiger partial charge in [-0.2, -0.15) is 5.10 Å². The van der Waals surface area contributed by atoms with Crippen molar-refractivity contribution < 1.29 is 0 Å². The van der Waals surface area contributed by atoms with Gasteiger partial charge in [0.15, 0.2) is 0 Å². The number of rotatable bonds is 4. The van der Waals surface area contributed by atoms with Crippen molar-refractivity contribution in [2.24, 2.45) is 18.9 Å². The zero-order valence-electron chi connectivity index (χ0n) is 11.0. The molecular formula is C13H22N4. The Hall–Kier alpha value is -1.16. The van der Waals surface area contributed by atoms with Crippen molar-refractivity contribution in [3.63, 3.8) is 0 Å². The van der Waals surface area contributed by atoms with Crippen molar-refractivity contribution in [2.45, 2.75) is 33.2 Å². The first-order chi connectivity index (χ1) is 8.18. The van der Waals surface area contributed by atoms with E-state index >= 15 is 0 Å². The Morgan fingerprint density at radius 2 is 2.35 bits per heavy atom. The second kappa shape index (κ2) is 5.45. The van der Waals surface area contributed by atoms with Gasteiger partial charge in [-0.3, -0.25) is 4.68 Å². The summed E-state index contributed by atoms with van der Waals surface area (Å²) in [5.74, 6) is 2.46. The molecule has 1 heterocycles. The van der Waals surface area contributed by atoms with Crippen LogP contribution in [-0.4, -0.2) is 21.3 Å². The van der Waals surface area contributed by atoms with Crippen molar-refractivity contribution in [3.8, 4) is 0 Å². The molecule has 2 rings (SSSR count). The molecule has 1 aromatic heterocycles. The molecule has 17 heavy (non-hydrogen) atoms. The highest BCUT2D eigenvalue weighted by Gasteiger charge is 2.21. The third kappa shape index (κ3) is 2.94. The summed E-state index contributed by atoms with van der Waals surface area (Å²) in [4.78, 5) is 4.21. The largest absolute Gasteiger partial charge is 0.309 e. The van der Waals surface area contributed by atoms with Crippen LogP contribution in [0.2, 0.25) is 0 Å². The Balaban J connectivity index is 1.84. The van der Waals surface area contributed by atoms with Crippen LogP contribution in [-0.2, 0) is 13.6 Å². The van der Waals surface area contributed by atoms with Crippen LogP contribution in [0.3, 0.4) is 0 Å². The Morgan fingerprint density at radius 1 is 1.53 bits per heavy atom. The number of allylic oxidation sites excluding steroid dienone is 1. The van der Waals surface area contributed by atoms with Gasteiger partial charge in [-0.1, -0.05) is 18.6 Å². The van der Waals surface area contributed by atoms with E-state index in [1.54, 1.807) is 6.33 Å². The minimum absolute atomic E-state index is 0.678. The minimum Gasteiger partial charge on any atom is -0.309 e. The Morgan fingerprint density at radius 3 is 3.00 bits per heavy atom. The summed E-state index contributed by atoms with van der Waals surface area (Å²) in [6.45, 7) is 6.44. The lowest BCUT2D eigenvalue weighted by Crippen LogP contribution is -2.30. The molecule has 0 aromatic carbocycles. The summed E-state index contributed by atoms with van der Waals surface area (Å²) in [7, 11) is 1.93. The molecule has 0 spiro atoms. The van der Waals surface area contributed by atoms with Gasteiger partial charge in [-0.25, -0.2) is 4.98 Å². The fourth-order valence-electron chi connectivity index (χ4n) is 2.56. The summed E-state index contributed by atoms with van der Waals surface area (Å²) in [5.41, 5.74) is 1.54. The van der Waals surface area contributed by atoms with Crippen molar-refractivity contribution in [3.05, 3.63) is 23.8 Å². The fourth-order valence-corrected chi connectivity index (χ4v) is 2.56. The van der Waals surface area contributed by atoms with Gasteiger partial charge in [-0.05, 0) is 31.6 Å². The van der Waals surface area contributed by atoms with Crippen LogP contribution in [0.5, 0.6) is 0 Å². The molecule has 1 aliphatic rings. The molecule has 1 aromatic rings. The van der Waals surface area contributed by atoms with E-state index in [9.17, 15) is 0 Å². The van der Waals surface area contributed by atoms with Crippen LogP contribution >= 0.6 is 0 Å². The molecule has 0 unspecified atom stereocenters. The molecule has 0 fully saturated rings. The summed E-state index contributed by atoms with van der Waals surface area (Å²) < 4.78 is 1.82. The molecule has 1 aliphatic carbocycles. The maximum atomic E-state index is 4.21. The molecule has 0 radical (unpaired) electrons. The van der Waals surface area contributed by atoms with Crippen LogP contribution in [0, 0.1) is 11.8 Å². The van der Waals surface area contributed by atoms with E-state index in [-0.39, 0.29) is 0 Å². The smallest absolute Gasteiger partial charge is 0.140 e. The van der Waals surface area contributed by atoms with Crippen LogP contribution in [0.4, 0.5) is 0 Å². The maximum absolute atomic E-state index is 4.21. The van der Waals surface area contributed by atoms with Crippen molar-refractivity contribution in [1.82, 2.24) is 20.1 Å². The predicted octanol–water partition coefficient (Wildman–Crippen LogP) is 1.90. The molecule has 4 heteroatoms. The molecule has 0 saturated heterocycles. The molecular weight excluding hydrogens is 212 g/mol. The van der Waals surface area contributed by atoms with Crippen LogP contribution in [0.1, 0.15) is 32.5 Å². The second-order valence-corrected chi connectivity index (χ2v) is 5.04. The number of aryl methyl sites for hydroxylation is 1. The number of aromatic nitrogens is 3. The first kappa shape index (κ1) is 12.3. The number of nitrogens with one attached hydrogen (secondary N) is 1. The highest BCUT2D eigenvalue weighted by atomic mass is 15.3. The quantitative estimate of drug-likeness (QED) is 0.809. The summed E-state index contributed by atoms with van der Waals surface area (Å²) in [6, 6.07) is 0. The van der Waals surface area contributed by atoms with Gasteiger partial charge in [0.2, 0.25) is 0 Å². The molecule has 0 amide bonds. The van der Waals surface area contributed by atoms with Crippen LogP contribution in [0.25, 0.3) is 0 Å². The van der Waals surface area contributed by atoms with Crippen LogP contribution in [0.15, 0.2) is 18.0 Å². The maximum Gasteiger partial charge on any atom is 0.140 e. The first-order valence-electron chi connectivity index (χ1n) is 6.38. The third-order valence-electron chi connectivity index (χ3n) is 3.81. The number of hydrogen-bond acceptors (Lipinski definition) is 3. The average Bonchev–Trinajstić information content (AvgIpc) is 2.69. The monoisotopic (exact) mass is 234 g/mol. The van der Waals surface area contributed by atoms with Crippen LogP contribution < -0.4 is 5.32 Å². The number of hydrogen-bond donors (Lipinski definition) is 1. The molecule has 94 valence electrons. The van der Waals surface area contributed by atoms with Gasteiger partial charge in [0.25, 0.3) is 0 Å². The summed E-state index contributed by atoms with van der Waals surface area (Å²) >= 11 is 0. The van der Waals surface area contributed by atoms with E-state index in [2.05, 4.69) is 35.3 Å². The SMILES string of the molecule is CC1=CCC[C@H](C)[C@@H]1CNCc1ncnn1C. The average molecular weight is 234 g/mol. The lowest BCUT2D eigenvalue weighted by atomic mass is 9.80. The highest BCUT2D eigenvalue weighted by molar-refractivity contribution is 5.09. The summed E-state index contributed by atoms with van der Waals surface area (Å²) in [6.07, 6.45) is 6.54. The zero-order valence-corrected chi connectivity index (χ0v) is 11.0. The van der Waals surface area contributed by atoms with Gasteiger partial charge >= 0.3 is 0 Å². The first-order valence-corrected chi connectivity index (χ1v) is 6.38. The Labute approximate surface area is 103 Å². The predicted molar refractivity (Wildman–Crippen MR) is 68.4 cm³/mol. The normalized spacial score (nSPS) is 24.8. The van der Waals surface area contributed by atoms with E-state index in [1.807, 2.05) is 11.7 Å². The van der Waals surface area contributed by atoms with Gasteiger partial charge in [0.05, 0.1) is 6.54 Å². The molecule has 0 aliphatic heterocycles. The molecule has 0 bridgehead atoms. The highest BCUT2D eigenvalue weighted by Crippen LogP contribution is 2.29. The number of nitrogens with zero attached hydrogens (tertiary/aromatic N) is 3. The standard InChI is InChI=1S/C13H22N4/c1-10-5-4-6-11(2)12(10)7-14-8-13-15-9-16-17(13)3/h5,9,11-12,14H,4,6-8H2,1-3H3/t11-,12+/m0/s1. The molecule has 4 nitrogen and oxygen atoms in total. The fraction of sp³-hybridized carbons (Fsp3) is 0.692. The van der Waals surface area contributed by atoms with E-state index in [0.717, 1.165) is 24.8 Å². The van der Waals surface area contributed by atoms with Gasteiger partial charge < -0.3 is 5.32 Å². The van der Waals surface area contributed by atoms with E-state index in [0.29, 0.717) is 5.92 Å². The topological polar surface area (TPSA) is 42.7 Å². The van der Waals surface area contributed by atoms with Crippen molar-refractivity contribution in [2.75, 3.05) is 6.54 Å². The Bertz CT molecular complexity index is 394. The molecule has 0 saturated carbocycles. The summed E-state index contributed by atoms with van der Waals surface area (Å²) in [5, 5.41) is 7.56. The van der Waals surface area contributed by atoms with E-state index in [1.165, 1.54) is 18.4 Å².